The van der Waals surface area contributed by atoms with Crippen LogP contribution in [0.15, 0.2) is 0 Å². The quantitative estimate of drug-likeness (QED) is 0.678. The molecule has 0 heterocycles. The third-order valence-corrected chi connectivity index (χ3v) is 6.52. The van der Waals surface area contributed by atoms with Crippen molar-refractivity contribution in [3.8, 4) is 0 Å². The smallest absolute Gasteiger partial charge is 0.377 e. The molecule has 0 N–H and O–H groups in total. The molecule has 1 aliphatic carbocycles. The molecule has 4 heteroatoms. The molecule has 0 saturated heterocycles. The highest BCUT2D eigenvalue weighted by Crippen LogP contribution is 2.49. The first-order chi connectivity index (χ1) is 6.49. The van der Waals surface area contributed by atoms with Crippen molar-refractivity contribution in [1.82, 2.24) is 0 Å². The van der Waals surface area contributed by atoms with Gasteiger partial charge in [-0.1, -0.05) is 13.8 Å². The lowest BCUT2D eigenvalue weighted by atomic mass is 9.92. The van der Waals surface area contributed by atoms with Crippen LogP contribution in [-0.4, -0.2) is 30.1 Å². The average molecular weight is 218 g/mol. The number of hydrogen-bond acceptors (Lipinski definition) is 3. The van der Waals surface area contributed by atoms with Crippen LogP contribution in [0.4, 0.5) is 0 Å². The van der Waals surface area contributed by atoms with E-state index in [1.807, 2.05) is 0 Å². The molecule has 84 valence electrons. The van der Waals surface area contributed by atoms with Crippen LogP contribution in [0.25, 0.3) is 0 Å². The summed E-state index contributed by atoms with van der Waals surface area (Å²) in [5.41, 5.74) is 0.885. The van der Waals surface area contributed by atoms with Crippen LogP contribution in [-0.2, 0) is 13.3 Å². The molecule has 0 aromatic heterocycles. The zero-order chi connectivity index (χ0) is 10.8. The van der Waals surface area contributed by atoms with Gasteiger partial charge < -0.3 is 13.3 Å². The van der Waals surface area contributed by atoms with E-state index in [2.05, 4.69) is 13.8 Å². The molecule has 1 rings (SSSR count). The lowest BCUT2D eigenvalue weighted by Crippen LogP contribution is -2.47. The summed E-state index contributed by atoms with van der Waals surface area (Å²) in [7, 11) is 2.72. The molecule has 0 bridgehead atoms. The van der Waals surface area contributed by atoms with Gasteiger partial charge in [-0.15, -0.1) is 0 Å². The van der Waals surface area contributed by atoms with Gasteiger partial charge in [0.25, 0.3) is 0 Å². The van der Waals surface area contributed by atoms with E-state index in [-0.39, 0.29) is 0 Å². The van der Waals surface area contributed by atoms with Crippen molar-refractivity contribution in [2.75, 3.05) is 21.3 Å². The molecule has 3 nitrogen and oxygen atoms in total. The maximum Gasteiger partial charge on any atom is 0.503 e. The highest BCUT2D eigenvalue weighted by molar-refractivity contribution is 6.62. The Labute approximate surface area is 88.1 Å². The minimum absolute atomic E-state index is 0.415. The highest BCUT2D eigenvalue weighted by Gasteiger charge is 2.51. The van der Waals surface area contributed by atoms with Crippen molar-refractivity contribution in [2.45, 2.75) is 38.7 Å². The summed E-state index contributed by atoms with van der Waals surface area (Å²) in [4.78, 5) is 0. The van der Waals surface area contributed by atoms with Crippen molar-refractivity contribution >= 4 is 8.80 Å². The largest absolute Gasteiger partial charge is 0.503 e. The minimum Gasteiger partial charge on any atom is -0.377 e. The SMILES string of the molecule is CO[Si](OC)(OC)C1CCC(C)(C)C1. The molecule has 1 unspecified atom stereocenters. The number of rotatable bonds is 4. The van der Waals surface area contributed by atoms with Gasteiger partial charge in [-0.2, -0.15) is 0 Å². The lowest BCUT2D eigenvalue weighted by Gasteiger charge is -2.30. The summed E-state index contributed by atoms with van der Waals surface area (Å²) in [6, 6.07) is 0. The van der Waals surface area contributed by atoms with Crippen LogP contribution in [0.3, 0.4) is 0 Å². The number of hydrogen-bond donors (Lipinski definition) is 0. The van der Waals surface area contributed by atoms with Gasteiger partial charge in [0.1, 0.15) is 0 Å². The van der Waals surface area contributed by atoms with Crippen molar-refractivity contribution in [1.29, 1.82) is 0 Å². The maximum atomic E-state index is 5.51. The van der Waals surface area contributed by atoms with Crippen molar-refractivity contribution in [3.63, 3.8) is 0 Å². The second-order valence-corrected chi connectivity index (χ2v) is 8.07. The van der Waals surface area contributed by atoms with Gasteiger partial charge in [-0.05, 0) is 24.7 Å². The Hall–Kier alpha value is 0.0969. The standard InChI is InChI=1S/C10H22O3Si/c1-10(2)7-6-9(8-10)14(11-3,12-4)13-5/h9H,6-8H2,1-5H3. The fourth-order valence-electron chi connectivity index (χ4n) is 2.49. The van der Waals surface area contributed by atoms with Crippen molar-refractivity contribution in [2.24, 2.45) is 5.41 Å². The summed E-state index contributed by atoms with van der Waals surface area (Å²) in [6.07, 6.45) is 3.55. The van der Waals surface area contributed by atoms with Gasteiger partial charge in [0, 0.05) is 26.9 Å². The molecule has 14 heavy (non-hydrogen) atoms. The maximum absolute atomic E-state index is 5.51. The Morgan fingerprint density at radius 1 is 1.07 bits per heavy atom. The van der Waals surface area contributed by atoms with E-state index >= 15 is 0 Å². The molecule has 1 atom stereocenters. The van der Waals surface area contributed by atoms with E-state index in [0.717, 1.165) is 12.8 Å². The molecule has 0 amide bonds. The van der Waals surface area contributed by atoms with E-state index in [0.29, 0.717) is 11.0 Å². The molecule has 0 aliphatic heterocycles. The minimum atomic E-state index is -2.37. The molecule has 1 aliphatic rings. The van der Waals surface area contributed by atoms with Crippen molar-refractivity contribution in [3.05, 3.63) is 0 Å². The van der Waals surface area contributed by atoms with E-state index in [1.165, 1.54) is 6.42 Å². The topological polar surface area (TPSA) is 27.7 Å². The molecule has 0 spiro atoms. The first kappa shape index (κ1) is 12.2. The van der Waals surface area contributed by atoms with E-state index in [9.17, 15) is 0 Å². The van der Waals surface area contributed by atoms with E-state index < -0.39 is 8.80 Å². The lowest BCUT2D eigenvalue weighted by molar-refractivity contribution is 0.110. The van der Waals surface area contributed by atoms with Crippen LogP contribution < -0.4 is 0 Å². The zero-order valence-corrected chi connectivity index (χ0v) is 10.9. The van der Waals surface area contributed by atoms with Crippen LogP contribution >= 0.6 is 0 Å². The zero-order valence-electron chi connectivity index (χ0n) is 9.92. The second kappa shape index (κ2) is 4.31. The van der Waals surface area contributed by atoms with Crippen LogP contribution in [0, 0.1) is 5.41 Å². The Morgan fingerprint density at radius 3 is 1.86 bits per heavy atom. The van der Waals surface area contributed by atoms with Gasteiger partial charge >= 0.3 is 8.80 Å². The Kier molecular flexibility index (Phi) is 3.74. The van der Waals surface area contributed by atoms with Gasteiger partial charge in [0.05, 0.1) is 0 Å². The fraction of sp³-hybridized carbons (Fsp3) is 1.00. The monoisotopic (exact) mass is 218 g/mol. The molecule has 1 fully saturated rings. The summed E-state index contributed by atoms with van der Waals surface area (Å²) in [6.45, 7) is 4.60. The molecule has 0 radical (unpaired) electrons. The average Bonchev–Trinajstić information content (AvgIpc) is 2.51. The summed E-state index contributed by atoms with van der Waals surface area (Å²) in [5.74, 6) is 0. The van der Waals surface area contributed by atoms with Crippen LogP contribution in [0.2, 0.25) is 5.54 Å². The predicted molar refractivity (Wildman–Crippen MR) is 58.2 cm³/mol. The molecule has 0 aromatic rings. The summed E-state index contributed by atoms with van der Waals surface area (Å²) < 4.78 is 16.5. The molecular formula is C10H22O3Si. The predicted octanol–water partition coefficient (Wildman–Crippen LogP) is 2.44. The van der Waals surface area contributed by atoms with E-state index in [4.69, 9.17) is 13.3 Å². The van der Waals surface area contributed by atoms with Crippen LogP contribution in [0.5, 0.6) is 0 Å². The van der Waals surface area contributed by atoms with Gasteiger partial charge in [0.15, 0.2) is 0 Å². The second-order valence-electron chi connectivity index (χ2n) is 4.82. The third-order valence-electron chi connectivity index (χ3n) is 3.32. The van der Waals surface area contributed by atoms with Gasteiger partial charge in [-0.3, -0.25) is 0 Å². The molecule has 0 aromatic carbocycles. The first-order valence-corrected chi connectivity index (χ1v) is 6.95. The Balaban J connectivity index is 2.71. The van der Waals surface area contributed by atoms with Gasteiger partial charge in [-0.25, -0.2) is 0 Å². The van der Waals surface area contributed by atoms with E-state index in [1.54, 1.807) is 21.3 Å². The van der Waals surface area contributed by atoms with Gasteiger partial charge in [0.2, 0.25) is 0 Å². The summed E-state index contributed by atoms with van der Waals surface area (Å²) >= 11 is 0. The Morgan fingerprint density at radius 2 is 1.57 bits per heavy atom. The third kappa shape index (κ3) is 2.19. The normalized spacial score (nSPS) is 26.8. The fourth-order valence-corrected chi connectivity index (χ4v) is 5.29. The molecule has 1 saturated carbocycles. The molecular weight excluding hydrogens is 196 g/mol. The van der Waals surface area contributed by atoms with Crippen LogP contribution in [0.1, 0.15) is 33.1 Å². The van der Waals surface area contributed by atoms with Crippen molar-refractivity contribution < 1.29 is 13.3 Å². The Bertz CT molecular complexity index is 182. The highest BCUT2D eigenvalue weighted by atomic mass is 28.4. The first-order valence-electron chi connectivity index (χ1n) is 5.15. The summed E-state index contributed by atoms with van der Waals surface area (Å²) in [5, 5.41) is 0.